The number of rotatable bonds is 8. The van der Waals surface area contributed by atoms with Crippen LogP contribution in [0.15, 0.2) is 0 Å². The second-order valence-corrected chi connectivity index (χ2v) is 5.08. The molecule has 0 saturated heterocycles. The Bertz CT molecular complexity index is 153. The van der Waals surface area contributed by atoms with E-state index in [1.54, 1.807) is 0 Å². The third-order valence-electron chi connectivity index (χ3n) is 3.74. The molecule has 0 atom stereocenters. The van der Waals surface area contributed by atoms with E-state index in [2.05, 4.69) is 24.1 Å². The highest BCUT2D eigenvalue weighted by atomic mass is 15.1. The lowest BCUT2D eigenvalue weighted by Crippen LogP contribution is -2.38. The van der Waals surface area contributed by atoms with Crippen molar-refractivity contribution in [3.05, 3.63) is 0 Å². The Morgan fingerprint density at radius 1 is 1.06 bits per heavy atom. The Morgan fingerprint density at radius 2 is 1.81 bits per heavy atom. The van der Waals surface area contributed by atoms with E-state index >= 15 is 0 Å². The van der Waals surface area contributed by atoms with Crippen LogP contribution in [-0.4, -0.2) is 37.1 Å². The Morgan fingerprint density at radius 3 is 2.44 bits per heavy atom. The van der Waals surface area contributed by atoms with Crippen LogP contribution in [0.25, 0.3) is 0 Å². The maximum Gasteiger partial charge on any atom is 0.0107 e. The predicted molar refractivity (Wildman–Crippen MR) is 71.9 cm³/mol. The van der Waals surface area contributed by atoms with Crippen LogP contribution in [0.1, 0.15) is 58.8 Å². The highest BCUT2D eigenvalue weighted by Gasteiger charge is 2.12. The molecule has 1 fully saturated rings. The van der Waals surface area contributed by atoms with Crippen LogP contribution >= 0.6 is 0 Å². The fourth-order valence-electron chi connectivity index (χ4n) is 2.54. The zero-order valence-electron chi connectivity index (χ0n) is 11.3. The van der Waals surface area contributed by atoms with Crippen LogP contribution in [0, 0.1) is 0 Å². The Kier molecular flexibility index (Phi) is 7.87. The molecule has 0 unspecified atom stereocenters. The summed E-state index contributed by atoms with van der Waals surface area (Å²) >= 11 is 0. The summed E-state index contributed by atoms with van der Waals surface area (Å²) in [6.45, 7) is 9.44. The average Bonchev–Trinajstić information content (AvgIpc) is 2.35. The van der Waals surface area contributed by atoms with E-state index in [9.17, 15) is 0 Å². The normalized spacial score (nSPS) is 18.2. The van der Waals surface area contributed by atoms with Gasteiger partial charge >= 0.3 is 0 Å². The third kappa shape index (κ3) is 5.86. The van der Waals surface area contributed by atoms with Gasteiger partial charge in [0.1, 0.15) is 0 Å². The summed E-state index contributed by atoms with van der Waals surface area (Å²) < 4.78 is 0. The molecule has 0 heterocycles. The molecule has 0 aromatic rings. The van der Waals surface area contributed by atoms with Crippen LogP contribution in [0.5, 0.6) is 0 Å². The van der Waals surface area contributed by atoms with Crippen molar-refractivity contribution >= 4 is 0 Å². The molecule has 0 spiro atoms. The Labute approximate surface area is 102 Å². The largest absolute Gasteiger partial charge is 0.313 e. The van der Waals surface area contributed by atoms with Gasteiger partial charge in [-0.05, 0) is 32.4 Å². The van der Waals surface area contributed by atoms with E-state index in [1.807, 2.05) is 0 Å². The summed E-state index contributed by atoms with van der Waals surface area (Å²) in [4.78, 5) is 2.57. The number of nitrogens with one attached hydrogen (secondary N) is 1. The highest BCUT2D eigenvalue weighted by molar-refractivity contribution is 4.72. The number of nitrogens with zero attached hydrogens (tertiary/aromatic N) is 1. The van der Waals surface area contributed by atoms with E-state index in [-0.39, 0.29) is 0 Å². The summed E-state index contributed by atoms with van der Waals surface area (Å²) in [6.07, 6.45) is 9.79. The molecule has 0 amide bonds. The second kappa shape index (κ2) is 9.00. The van der Waals surface area contributed by atoms with Crippen molar-refractivity contribution in [1.29, 1.82) is 0 Å². The van der Waals surface area contributed by atoms with Gasteiger partial charge in [-0.25, -0.2) is 0 Å². The molecule has 1 aliphatic carbocycles. The number of hydrogen-bond acceptors (Lipinski definition) is 2. The first-order valence-corrected chi connectivity index (χ1v) is 7.32. The smallest absolute Gasteiger partial charge is 0.0107 e. The molecule has 16 heavy (non-hydrogen) atoms. The fourth-order valence-corrected chi connectivity index (χ4v) is 2.54. The minimum absolute atomic E-state index is 0.818. The molecule has 1 saturated carbocycles. The van der Waals surface area contributed by atoms with Gasteiger partial charge in [0, 0.05) is 19.1 Å². The van der Waals surface area contributed by atoms with Gasteiger partial charge in [0.25, 0.3) is 0 Å². The van der Waals surface area contributed by atoms with E-state index in [4.69, 9.17) is 0 Å². The van der Waals surface area contributed by atoms with E-state index in [1.165, 1.54) is 71.1 Å². The monoisotopic (exact) mass is 226 g/mol. The van der Waals surface area contributed by atoms with Crippen LogP contribution in [-0.2, 0) is 0 Å². The lowest BCUT2D eigenvalue weighted by Gasteiger charge is -2.25. The highest BCUT2D eigenvalue weighted by Crippen LogP contribution is 2.16. The van der Waals surface area contributed by atoms with Gasteiger partial charge < -0.3 is 10.2 Å². The quantitative estimate of drug-likeness (QED) is 0.684. The lowest BCUT2D eigenvalue weighted by molar-refractivity contribution is 0.269. The van der Waals surface area contributed by atoms with Crippen molar-refractivity contribution in [3.63, 3.8) is 0 Å². The van der Waals surface area contributed by atoms with Crippen molar-refractivity contribution in [2.24, 2.45) is 0 Å². The zero-order chi connectivity index (χ0) is 11.6. The Hall–Kier alpha value is -0.0800. The summed E-state index contributed by atoms with van der Waals surface area (Å²) in [5.41, 5.74) is 0. The first kappa shape index (κ1) is 14.0. The molecule has 0 aromatic carbocycles. The first-order valence-electron chi connectivity index (χ1n) is 7.32. The minimum atomic E-state index is 0.818. The molecule has 1 aliphatic rings. The summed E-state index contributed by atoms with van der Waals surface area (Å²) in [5, 5.41) is 3.72. The van der Waals surface area contributed by atoms with Gasteiger partial charge in [0.2, 0.25) is 0 Å². The summed E-state index contributed by atoms with van der Waals surface area (Å²) in [5.74, 6) is 0. The number of unbranched alkanes of at least 4 members (excludes halogenated alkanes) is 1. The molecule has 1 N–H and O–H groups in total. The average molecular weight is 226 g/mol. The summed E-state index contributed by atoms with van der Waals surface area (Å²) in [7, 11) is 0. The van der Waals surface area contributed by atoms with Crippen molar-refractivity contribution in [2.75, 3.05) is 26.2 Å². The van der Waals surface area contributed by atoms with Crippen LogP contribution < -0.4 is 5.32 Å². The Balaban J connectivity index is 2.02. The molecule has 0 radical (unpaired) electrons. The van der Waals surface area contributed by atoms with Gasteiger partial charge in [-0.2, -0.15) is 0 Å². The van der Waals surface area contributed by atoms with Gasteiger partial charge in [0.15, 0.2) is 0 Å². The van der Waals surface area contributed by atoms with Crippen molar-refractivity contribution in [1.82, 2.24) is 10.2 Å². The van der Waals surface area contributed by atoms with Gasteiger partial charge in [-0.1, -0.05) is 39.5 Å². The molecule has 1 rings (SSSR count). The van der Waals surface area contributed by atoms with Crippen molar-refractivity contribution in [2.45, 2.75) is 64.8 Å². The maximum absolute atomic E-state index is 3.72. The van der Waals surface area contributed by atoms with Crippen LogP contribution in [0.4, 0.5) is 0 Å². The fraction of sp³-hybridized carbons (Fsp3) is 1.00. The minimum Gasteiger partial charge on any atom is -0.313 e. The first-order chi connectivity index (χ1) is 7.86. The molecular weight excluding hydrogens is 196 g/mol. The van der Waals surface area contributed by atoms with Crippen LogP contribution in [0.2, 0.25) is 0 Å². The second-order valence-electron chi connectivity index (χ2n) is 5.08. The molecule has 96 valence electrons. The van der Waals surface area contributed by atoms with Gasteiger partial charge in [-0.15, -0.1) is 0 Å². The molecule has 0 aliphatic heterocycles. The molecular formula is C14H30N2. The summed E-state index contributed by atoms with van der Waals surface area (Å²) in [6, 6.07) is 0.818. The number of likely N-dealkylation sites (N-methyl/N-ethyl adjacent to an activating group) is 1. The molecule has 0 bridgehead atoms. The van der Waals surface area contributed by atoms with Gasteiger partial charge in [-0.3, -0.25) is 0 Å². The van der Waals surface area contributed by atoms with E-state index < -0.39 is 0 Å². The lowest BCUT2D eigenvalue weighted by atomic mass is 9.95. The molecule has 0 aromatic heterocycles. The van der Waals surface area contributed by atoms with Crippen molar-refractivity contribution < 1.29 is 0 Å². The van der Waals surface area contributed by atoms with E-state index in [0.29, 0.717) is 0 Å². The SMILES string of the molecule is CCCCN(CC)CCNC1CCCCC1. The molecule has 2 heteroatoms. The standard InChI is InChI=1S/C14H30N2/c1-3-5-12-16(4-2)13-11-15-14-9-7-6-8-10-14/h14-15H,3-13H2,1-2H3. The topological polar surface area (TPSA) is 15.3 Å². The van der Waals surface area contributed by atoms with Crippen molar-refractivity contribution in [3.8, 4) is 0 Å². The van der Waals surface area contributed by atoms with E-state index in [0.717, 1.165) is 6.04 Å². The maximum atomic E-state index is 3.72. The zero-order valence-corrected chi connectivity index (χ0v) is 11.3. The van der Waals surface area contributed by atoms with Crippen LogP contribution in [0.3, 0.4) is 0 Å². The van der Waals surface area contributed by atoms with Gasteiger partial charge in [0.05, 0.1) is 0 Å². The molecule has 2 nitrogen and oxygen atoms in total. The number of hydrogen-bond donors (Lipinski definition) is 1. The predicted octanol–water partition coefficient (Wildman–Crippen LogP) is 3.03. The third-order valence-corrected chi connectivity index (χ3v) is 3.74.